The van der Waals surface area contributed by atoms with Crippen LogP contribution in [0.3, 0.4) is 0 Å². The van der Waals surface area contributed by atoms with E-state index in [1.165, 1.54) is 7.11 Å². The van der Waals surface area contributed by atoms with E-state index in [0.29, 0.717) is 23.1 Å². The van der Waals surface area contributed by atoms with Gasteiger partial charge in [0.15, 0.2) is 6.29 Å². The Morgan fingerprint density at radius 1 is 1.30 bits per heavy atom. The van der Waals surface area contributed by atoms with Crippen LogP contribution in [0.2, 0.25) is 0 Å². The van der Waals surface area contributed by atoms with Gasteiger partial charge in [0.25, 0.3) is 0 Å². The predicted molar refractivity (Wildman–Crippen MR) is 75.5 cm³/mol. The van der Waals surface area contributed by atoms with E-state index in [1.54, 1.807) is 19.1 Å². The maximum absolute atomic E-state index is 12.0. The van der Waals surface area contributed by atoms with Gasteiger partial charge in [0, 0.05) is 5.56 Å². The molecule has 5 nitrogen and oxygen atoms in total. The number of methoxy groups -OCH3 is 1. The number of nitrogens with two attached hydrogens (primary N) is 1. The molecule has 2 aromatic rings. The molecule has 1 aromatic heterocycles. The number of nitrogens with zero attached hydrogens (tertiary/aromatic N) is 1. The molecule has 20 heavy (non-hydrogen) atoms. The third-order valence-electron chi connectivity index (χ3n) is 3.02. The van der Waals surface area contributed by atoms with Crippen LogP contribution in [0.4, 0.5) is 5.82 Å². The van der Waals surface area contributed by atoms with Crippen molar-refractivity contribution in [3.63, 3.8) is 0 Å². The summed E-state index contributed by atoms with van der Waals surface area (Å²) in [6, 6.07) is 9.08. The van der Waals surface area contributed by atoms with E-state index in [0.717, 1.165) is 0 Å². The van der Waals surface area contributed by atoms with Crippen LogP contribution in [-0.2, 0) is 4.74 Å². The third kappa shape index (κ3) is 2.25. The highest BCUT2D eigenvalue weighted by molar-refractivity contribution is 6.05. The molecule has 0 unspecified atom stereocenters. The lowest BCUT2D eigenvalue weighted by atomic mass is 9.94. The lowest BCUT2D eigenvalue weighted by Crippen LogP contribution is -2.12. The number of aldehydes is 1. The smallest absolute Gasteiger partial charge is 0.340 e. The van der Waals surface area contributed by atoms with E-state index < -0.39 is 5.97 Å². The predicted octanol–water partition coefficient (Wildman–Crippen LogP) is 2.24. The van der Waals surface area contributed by atoms with Gasteiger partial charge in [-0.2, -0.15) is 0 Å². The summed E-state index contributed by atoms with van der Waals surface area (Å²) in [5, 5.41) is 0. The zero-order valence-corrected chi connectivity index (χ0v) is 11.2. The Morgan fingerprint density at radius 3 is 2.50 bits per heavy atom. The zero-order chi connectivity index (χ0) is 14.7. The highest BCUT2D eigenvalue weighted by Gasteiger charge is 2.23. The highest BCUT2D eigenvalue weighted by atomic mass is 16.5. The molecule has 5 heteroatoms. The van der Waals surface area contributed by atoms with Crippen molar-refractivity contribution in [1.82, 2.24) is 4.98 Å². The summed E-state index contributed by atoms with van der Waals surface area (Å²) in [6.45, 7) is 1.66. The Labute approximate surface area is 116 Å². The van der Waals surface area contributed by atoms with Crippen molar-refractivity contribution in [2.75, 3.05) is 12.8 Å². The quantitative estimate of drug-likeness (QED) is 0.683. The van der Waals surface area contributed by atoms with Crippen LogP contribution in [0.25, 0.3) is 11.1 Å². The van der Waals surface area contributed by atoms with Crippen LogP contribution in [0.5, 0.6) is 0 Å². The summed E-state index contributed by atoms with van der Waals surface area (Å²) >= 11 is 0. The van der Waals surface area contributed by atoms with Gasteiger partial charge >= 0.3 is 5.97 Å². The summed E-state index contributed by atoms with van der Waals surface area (Å²) in [4.78, 5) is 27.4. The number of esters is 1. The van der Waals surface area contributed by atoms with Crippen LogP contribution in [0, 0.1) is 6.92 Å². The first-order valence-electron chi connectivity index (χ1n) is 5.99. The van der Waals surface area contributed by atoms with Gasteiger partial charge in [-0.25, -0.2) is 9.78 Å². The number of rotatable bonds is 3. The third-order valence-corrected chi connectivity index (χ3v) is 3.02. The van der Waals surface area contributed by atoms with Crippen molar-refractivity contribution in [3.8, 4) is 11.1 Å². The van der Waals surface area contributed by atoms with Crippen molar-refractivity contribution in [2.45, 2.75) is 6.92 Å². The Morgan fingerprint density at radius 2 is 1.95 bits per heavy atom. The fourth-order valence-corrected chi connectivity index (χ4v) is 2.12. The van der Waals surface area contributed by atoms with Gasteiger partial charge in [-0.15, -0.1) is 0 Å². The first-order chi connectivity index (χ1) is 9.60. The molecule has 0 bridgehead atoms. The maximum Gasteiger partial charge on any atom is 0.340 e. The average molecular weight is 270 g/mol. The zero-order valence-electron chi connectivity index (χ0n) is 11.2. The minimum Gasteiger partial charge on any atom is -0.465 e. The lowest BCUT2D eigenvalue weighted by Gasteiger charge is -2.14. The lowest BCUT2D eigenvalue weighted by molar-refractivity contribution is 0.0600. The number of aryl methyl sites for hydroxylation is 1. The summed E-state index contributed by atoms with van der Waals surface area (Å²) in [6.07, 6.45) is 0.608. The molecule has 0 fully saturated rings. The first kappa shape index (κ1) is 13.7. The topological polar surface area (TPSA) is 82.3 Å². The molecule has 2 rings (SSSR count). The van der Waals surface area contributed by atoms with Crippen molar-refractivity contribution in [1.29, 1.82) is 0 Å². The molecule has 1 heterocycles. The molecule has 0 aliphatic rings. The van der Waals surface area contributed by atoms with Gasteiger partial charge in [0.1, 0.15) is 5.82 Å². The van der Waals surface area contributed by atoms with Crippen molar-refractivity contribution in [3.05, 3.63) is 47.2 Å². The molecule has 0 aliphatic heterocycles. The van der Waals surface area contributed by atoms with Gasteiger partial charge in [-0.05, 0) is 12.5 Å². The second-order valence-electron chi connectivity index (χ2n) is 4.22. The first-order valence-corrected chi connectivity index (χ1v) is 5.99. The van der Waals surface area contributed by atoms with Crippen molar-refractivity contribution < 1.29 is 14.3 Å². The van der Waals surface area contributed by atoms with E-state index in [1.807, 2.05) is 18.2 Å². The molecule has 102 valence electrons. The molecular formula is C15H14N2O3. The number of anilines is 1. The number of ether oxygens (including phenoxy) is 1. The average Bonchev–Trinajstić information content (AvgIpc) is 2.46. The summed E-state index contributed by atoms with van der Waals surface area (Å²) in [5.74, 6) is -0.444. The monoisotopic (exact) mass is 270 g/mol. The molecule has 0 amide bonds. The molecule has 2 N–H and O–H groups in total. The molecule has 0 saturated heterocycles. The van der Waals surface area contributed by atoms with Gasteiger partial charge in [0.2, 0.25) is 0 Å². The number of carbonyl (C=O) groups excluding carboxylic acids is 2. The van der Waals surface area contributed by atoms with E-state index in [2.05, 4.69) is 4.98 Å². The Kier molecular flexibility index (Phi) is 3.79. The minimum absolute atomic E-state index is 0.101. The number of aromatic nitrogens is 1. The van der Waals surface area contributed by atoms with Gasteiger partial charge < -0.3 is 10.5 Å². The van der Waals surface area contributed by atoms with Crippen LogP contribution >= 0.6 is 0 Å². The van der Waals surface area contributed by atoms with Crippen LogP contribution in [0.1, 0.15) is 26.4 Å². The van der Waals surface area contributed by atoms with E-state index >= 15 is 0 Å². The maximum atomic E-state index is 12.0. The van der Waals surface area contributed by atoms with E-state index in [4.69, 9.17) is 10.5 Å². The molecule has 0 spiro atoms. The van der Waals surface area contributed by atoms with Crippen LogP contribution in [-0.4, -0.2) is 24.3 Å². The fourth-order valence-electron chi connectivity index (χ4n) is 2.12. The Balaban J connectivity index is 2.87. The van der Waals surface area contributed by atoms with Crippen molar-refractivity contribution in [2.24, 2.45) is 0 Å². The normalized spacial score (nSPS) is 10.1. The number of hydrogen-bond donors (Lipinski definition) is 1. The largest absolute Gasteiger partial charge is 0.465 e. The van der Waals surface area contributed by atoms with Gasteiger partial charge in [-0.1, -0.05) is 30.3 Å². The van der Waals surface area contributed by atoms with E-state index in [9.17, 15) is 9.59 Å². The number of pyridine rings is 1. The number of hydrogen-bond acceptors (Lipinski definition) is 5. The fraction of sp³-hybridized carbons (Fsp3) is 0.133. The summed E-state index contributed by atoms with van der Waals surface area (Å²) in [5.41, 5.74) is 7.84. The number of nitrogen functional groups attached to an aromatic ring is 1. The number of carbonyl (C=O) groups is 2. The van der Waals surface area contributed by atoms with E-state index in [-0.39, 0.29) is 16.9 Å². The second-order valence-corrected chi connectivity index (χ2v) is 4.22. The van der Waals surface area contributed by atoms with Crippen LogP contribution in [0.15, 0.2) is 30.3 Å². The number of benzene rings is 1. The SMILES string of the molecule is COC(=O)c1c(C)nc(N)c(C=O)c1-c1ccccc1. The second kappa shape index (κ2) is 5.52. The van der Waals surface area contributed by atoms with Gasteiger partial charge in [0.05, 0.1) is 23.9 Å². The molecule has 0 radical (unpaired) electrons. The Bertz CT molecular complexity index is 667. The molecule has 0 aliphatic carbocycles. The molecule has 1 aromatic carbocycles. The van der Waals surface area contributed by atoms with Gasteiger partial charge in [-0.3, -0.25) is 4.79 Å². The molecular weight excluding hydrogens is 256 g/mol. The molecule has 0 saturated carbocycles. The highest BCUT2D eigenvalue weighted by Crippen LogP contribution is 2.31. The molecule has 0 atom stereocenters. The summed E-state index contributed by atoms with van der Waals surface area (Å²) < 4.78 is 4.78. The standard InChI is InChI=1S/C15H14N2O3/c1-9-12(15(19)20-2)13(10-6-4-3-5-7-10)11(8-18)14(16)17-9/h3-8H,1-2H3,(H2,16,17). The Hall–Kier alpha value is -2.69. The van der Waals surface area contributed by atoms with Crippen molar-refractivity contribution >= 4 is 18.1 Å². The van der Waals surface area contributed by atoms with Crippen LogP contribution < -0.4 is 5.73 Å². The summed E-state index contributed by atoms with van der Waals surface area (Å²) in [7, 11) is 1.29. The minimum atomic E-state index is -0.544.